The van der Waals surface area contributed by atoms with Crippen molar-refractivity contribution in [1.29, 1.82) is 0 Å². The first kappa shape index (κ1) is 21.6. The molecule has 2 aromatic carbocycles. The molecular formula is C20H24O4SSeSi. The van der Waals surface area contributed by atoms with E-state index in [9.17, 15) is 13.2 Å². The molecule has 0 fully saturated rings. The first-order valence-electron chi connectivity index (χ1n) is 8.45. The summed E-state index contributed by atoms with van der Waals surface area (Å²) in [5.41, 5.74) is 0.955. The summed E-state index contributed by atoms with van der Waals surface area (Å²) in [5.74, 6) is -0.786. The van der Waals surface area contributed by atoms with Gasteiger partial charge in [-0.2, -0.15) is 0 Å². The van der Waals surface area contributed by atoms with Crippen LogP contribution in [0, 0.1) is 6.92 Å². The third-order valence-corrected chi connectivity index (χ3v) is 14.0. The van der Waals surface area contributed by atoms with Crippen LogP contribution in [0.4, 0.5) is 0 Å². The Labute approximate surface area is 168 Å². The van der Waals surface area contributed by atoms with E-state index in [1.54, 1.807) is 24.3 Å². The zero-order valence-corrected chi connectivity index (χ0v) is 19.7. The molecular weight excluding hydrogens is 443 g/mol. The van der Waals surface area contributed by atoms with E-state index in [-0.39, 0.29) is 24.8 Å². The van der Waals surface area contributed by atoms with Crippen molar-refractivity contribution < 1.29 is 17.9 Å². The predicted molar refractivity (Wildman–Crippen MR) is 113 cm³/mol. The Morgan fingerprint density at radius 2 is 1.52 bits per heavy atom. The van der Waals surface area contributed by atoms with Crippen LogP contribution in [0.3, 0.4) is 0 Å². The monoisotopic (exact) mass is 468 g/mol. The quantitative estimate of drug-likeness (QED) is 0.372. The van der Waals surface area contributed by atoms with Crippen molar-refractivity contribution in [3.05, 3.63) is 69.2 Å². The zero-order valence-electron chi connectivity index (χ0n) is 16.1. The normalized spacial score (nSPS) is 13.1. The van der Waals surface area contributed by atoms with Gasteiger partial charge < -0.3 is 0 Å². The molecule has 0 radical (unpaired) electrons. The molecule has 0 aliphatic carbocycles. The summed E-state index contributed by atoms with van der Waals surface area (Å²) >= 11 is -0.285. The predicted octanol–water partition coefficient (Wildman–Crippen LogP) is 3.06. The Morgan fingerprint density at radius 3 is 2.00 bits per heavy atom. The number of esters is 1. The van der Waals surface area contributed by atoms with E-state index in [0.717, 1.165) is 14.1 Å². The van der Waals surface area contributed by atoms with Gasteiger partial charge in [-0.15, -0.1) is 0 Å². The topological polar surface area (TPSA) is 60.4 Å². The summed E-state index contributed by atoms with van der Waals surface area (Å²) in [6.45, 7) is 8.06. The van der Waals surface area contributed by atoms with E-state index in [4.69, 9.17) is 4.74 Å². The molecule has 0 N–H and O–H groups in total. The number of sulfone groups is 1. The van der Waals surface area contributed by atoms with E-state index >= 15 is 0 Å². The summed E-state index contributed by atoms with van der Waals surface area (Å²) < 4.78 is 33.5. The summed E-state index contributed by atoms with van der Waals surface area (Å²) in [7, 11) is -4.89. The average Bonchev–Trinajstić information content (AvgIpc) is 2.61. The Morgan fingerprint density at radius 1 is 0.963 bits per heavy atom. The molecule has 0 aromatic heterocycles. The molecule has 0 atom stereocenters. The standard InChI is InChI=1S/C20H24O4SSeSi/c1-15-11-13-16(14-12-15)25(22,23)18(19(21)24-2)20(27(3,4)5)26-17-9-7-6-8-10-17/h6-14H,1-5H3/b20-18-. The Balaban J connectivity index is 2.75. The van der Waals surface area contributed by atoms with Gasteiger partial charge in [0.15, 0.2) is 0 Å². The van der Waals surface area contributed by atoms with Crippen molar-refractivity contribution in [2.75, 3.05) is 7.11 Å². The molecule has 0 heterocycles. The second-order valence-corrected chi connectivity index (χ2v) is 17.1. The minimum atomic E-state index is -3.98. The fourth-order valence-corrected chi connectivity index (χ4v) is 11.0. The third-order valence-electron chi connectivity index (χ3n) is 3.82. The van der Waals surface area contributed by atoms with Gasteiger partial charge in [0.2, 0.25) is 0 Å². The van der Waals surface area contributed by atoms with Gasteiger partial charge in [-0.1, -0.05) is 0 Å². The number of aryl methyl sites for hydroxylation is 1. The van der Waals surface area contributed by atoms with Crippen LogP contribution in [-0.4, -0.2) is 44.5 Å². The Bertz CT molecular complexity index is 944. The van der Waals surface area contributed by atoms with Crippen LogP contribution in [0.15, 0.2) is 68.5 Å². The maximum atomic E-state index is 13.4. The molecule has 7 heteroatoms. The van der Waals surface area contributed by atoms with Gasteiger partial charge in [0.05, 0.1) is 0 Å². The van der Waals surface area contributed by atoms with E-state index in [1.165, 1.54) is 7.11 Å². The molecule has 2 rings (SSSR count). The molecule has 0 saturated carbocycles. The average molecular weight is 468 g/mol. The SMILES string of the molecule is COC(=O)/C(=C(\[Se]c1ccccc1)[Si](C)(C)C)S(=O)(=O)c1ccc(C)cc1. The van der Waals surface area contributed by atoms with Gasteiger partial charge in [0.1, 0.15) is 0 Å². The van der Waals surface area contributed by atoms with Gasteiger partial charge in [0, 0.05) is 0 Å². The van der Waals surface area contributed by atoms with Gasteiger partial charge >= 0.3 is 169 Å². The van der Waals surface area contributed by atoms with Crippen molar-refractivity contribution in [2.24, 2.45) is 0 Å². The van der Waals surface area contributed by atoms with Crippen LogP contribution < -0.4 is 4.46 Å². The van der Waals surface area contributed by atoms with Crippen molar-refractivity contribution in [1.82, 2.24) is 0 Å². The summed E-state index contributed by atoms with van der Waals surface area (Å²) in [5, 5.41) is 0. The first-order chi connectivity index (χ1) is 12.6. The first-order valence-corrected chi connectivity index (χ1v) is 15.1. The van der Waals surface area contributed by atoms with Crippen molar-refractivity contribution >= 4 is 43.3 Å². The van der Waals surface area contributed by atoms with E-state index in [2.05, 4.69) is 19.6 Å². The van der Waals surface area contributed by atoms with Crippen molar-refractivity contribution in [3.63, 3.8) is 0 Å². The number of carbonyl (C=O) groups is 1. The van der Waals surface area contributed by atoms with Crippen LogP contribution in [-0.2, 0) is 19.4 Å². The van der Waals surface area contributed by atoms with Gasteiger partial charge in [-0.25, -0.2) is 0 Å². The third kappa shape index (κ3) is 5.20. The van der Waals surface area contributed by atoms with Gasteiger partial charge in [0.25, 0.3) is 0 Å². The van der Waals surface area contributed by atoms with Crippen molar-refractivity contribution in [3.8, 4) is 0 Å². The van der Waals surface area contributed by atoms with Crippen LogP contribution in [0.5, 0.6) is 0 Å². The number of rotatable bonds is 6. The molecule has 144 valence electrons. The summed E-state index contributed by atoms with van der Waals surface area (Å²) in [4.78, 5) is 12.6. The van der Waals surface area contributed by atoms with E-state index in [0.29, 0.717) is 0 Å². The fourth-order valence-electron chi connectivity index (χ4n) is 2.40. The van der Waals surface area contributed by atoms with Crippen LogP contribution in [0.1, 0.15) is 5.56 Å². The number of hydrogen-bond donors (Lipinski definition) is 0. The summed E-state index contributed by atoms with van der Waals surface area (Å²) in [6, 6.07) is 16.3. The fraction of sp³-hybridized carbons (Fsp3) is 0.250. The molecule has 2 aromatic rings. The molecule has 0 saturated heterocycles. The van der Waals surface area contributed by atoms with Gasteiger partial charge in [-0.3, -0.25) is 0 Å². The number of ether oxygens (including phenoxy) is 1. The molecule has 4 nitrogen and oxygen atoms in total. The van der Waals surface area contributed by atoms with Crippen LogP contribution in [0.2, 0.25) is 19.6 Å². The van der Waals surface area contributed by atoms with Crippen LogP contribution in [0.25, 0.3) is 0 Å². The molecule has 0 aliphatic heterocycles. The van der Waals surface area contributed by atoms with E-state index < -0.39 is 23.9 Å². The number of hydrogen-bond acceptors (Lipinski definition) is 4. The van der Waals surface area contributed by atoms with Gasteiger partial charge in [-0.05, 0) is 0 Å². The Hall–Kier alpha value is -1.66. The molecule has 0 spiro atoms. The zero-order chi connectivity index (χ0) is 20.2. The van der Waals surface area contributed by atoms with Crippen LogP contribution >= 0.6 is 0 Å². The van der Waals surface area contributed by atoms with Crippen molar-refractivity contribution in [2.45, 2.75) is 31.5 Å². The second kappa shape index (κ2) is 8.57. The maximum absolute atomic E-state index is 13.4. The number of carbonyl (C=O) groups excluding carboxylic acids is 1. The minimum absolute atomic E-state index is 0.119. The molecule has 0 amide bonds. The molecule has 0 aliphatic rings. The summed E-state index contributed by atoms with van der Waals surface area (Å²) in [6.07, 6.45) is 0. The second-order valence-electron chi connectivity index (χ2n) is 7.13. The number of methoxy groups -OCH3 is 1. The Kier molecular flexibility index (Phi) is 6.86. The molecule has 27 heavy (non-hydrogen) atoms. The molecule has 0 bridgehead atoms. The number of benzene rings is 2. The van der Waals surface area contributed by atoms with E-state index in [1.807, 2.05) is 37.3 Å². The molecule has 0 unspecified atom stereocenters.